The molecule has 2 atom stereocenters. The number of nitrogens with zero attached hydrogens (tertiary/aromatic N) is 1. The number of unbranched alkanes of at least 4 members (excludes halogenated alkanes) is 10. The van der Waals surface area contributed by atoms with Crippen molar-refractivity contribution in [1.29, 1.82) is 0 Å². The summed E-state index contributed by atoms with van der Waals surface area (Å²) in [4.78, 5) is 36.5. The van der Waals surface area contributed by atoms with Crippen LogP contribution in [0.3, 0.4) is 0 Å². The highest BCUT2D eigenvalue weighted by Gasteiger charge is 2.25. The summed E-state index contributed by atoms with van der Waals surface area (Å²) in [5, 5.41) is 11.6. The number of ether oxygens (including phenoxy) is 3. The number of carboxylic acid groups (broad SMARTS) is 1. The first-order valence-corrected chi connectivity index (χ1v) is 18.7. The summed E-state index contributed by atoms with van der Waals surface area (Å²) >= 11 is 0. The van der Waals surface area contributed by atoms with Gasteiger partial charge in [-0.05, 0) is 57.8 Å². The minimum Gasteiger partial charge on any atom is -0.544 e. The minimum atomic E-state index is -1.13. The summed E-state index contributed by atoms with van der Waals surface area (Å²) in [7, 11) is 5.37. The first kappa shape index (κ1) is 45.3. The summed E-state index contributed by atoms with van der Waals surface area (Å²) in [5.41, 5.74) is 0. The number of esters is 2. The van der Waals surface area contributed by atoms with Gasteiger partial charge in [-0.2, -0.15) is 0 Å². The van der Waals surface area contributed by atoms with Gasteiger partial charge in [-0.3, -0.25) is 9.59 Å². The van der Waals surface area contributed by atoms with E-state index in [0.717, 1.165) is 64.2 Å². The fourth-order valence-corrected chi connectivity index (χ4v) is 5.04. The Labute approximate surface area is 293 Å². The summed E-state index contributed by atoms with van der Waals surface area (Å²) in [5.74, 6) is -1.83. The molecule has 0 spiro atoms. The maximum Gasteiger partial charge on any atom is 0.306 e. The van der Waals surface area contributed by atoms with Gasteiger partial charge in [0.2, 0.25) is 0 Å². The lowest BCUT2D eigenvalue weighted by atomic mass is 10.1. The quantitative estimate of drug-likeness (QED) is 0.0309. The van der Waals surface area contributed by atoms with Crippen LogP contribution in [0.5, 0.6) is 0 Å². The average molecular weight is 676 g/mol. The number of aliphatic carboxylic acids is 1. The molecular weight excluding hydrogens is 606 g/mol. The Hall–Kier alpha value is -2.71. The molecule has 0 amide bonds. The maximum atomic E-state index is 12.6. The molecule has 0 saturated heterocycles. The van der Waals surface area contributed by atoms with Crippen molar-refractivity contribution in [2.24, 2.45) is 0 Å². The number of quaternary nitrogens is 1. The molecule has 0 aromatic rings. The van der Waals surface area contributed by atoms with E-state index in [9.17, 15) is 19.5 Å². The molecule has 0 radical (unpaired) electrons. The van der Waals surface area contributed by atoms with Gasteiger partial charge in [0.05, 0.1) is 40.3 Å². The highest BCUT2D eigenvalue weighted by molar-refractivity contribution is 5.70. The Morgan fingerprint density at radius 1 is 0.646 bits per heavy atom. The fourth-order valence-electron chi connectivity index (χ4n) is 5.04. The number of carbonyl (C=O) groups is 3. The van der Waals surface area contributed by atoms with Crippen LogP contribution >= 0.6 is 0 Å². The van der Waals surface area contributed by atoms with Crippen LogP contribution in [-0.4, -0.2) is 75.5 Å². The van der Waals surface area contributed by atoms with E-state index in [2.05, 4.69) is 56.4 Å². The fraction of sp³-hybridized carbons (Fsp3) is 0.725. The first-order valence-electron chi connectivity index (χ1n) is 18.7. The third kappa shape index (κ3) is 29.4. The van der Waals surface area contributed by atoms with Crippen molar-refractivity contribution in [3.8, 4) is 0 Å². The van der Waals surface area contributed by atoms with Crippen molar-refractivity contribution in [3.05, 3.63) is 48.6 Å². The molecule has 276 valence electrons. The summed E-state index contributed by atoms with van der Waals surface area (Å²) in [6.07, 6.45) is 34.4. The van der Waals surface area contributed by atoms with E-state index < -0.39 is 18.1 Å². The van der Waals surface area contributed by atoms with E-state index >= 15 is 0 Å². The maximum absolute atomic E-state index is 12.6. The van der Waals surface area contributed by atoms with Crippen molar-refractivity contribution in [1.82, 2.24) is 0 Å². The van der Waals surface area contributed by atoms with Gasteiger partial charge in [0, 0.05) is 19.3 Å². The molecular formula is C40H69NO7. The molecule has 8 heteroatoms. The van der Waals surface area contributed by atoms with Gasteiger partial charge in [-0.1, -0.05) is 107 Å². The van der Waals surface area contributed by atoms with E-state index in [1.165, 1.54) is 32.1 Å². The van der Waals surface area contributed by atoms with Crippen molar-refractivity contribution in [2.75, 3.05) is 41.0 Å². The van der Waals surface area contributed by atoms with Gasteiger partial charge in [0.1, 0.15) is 12.6 Å². The average Bonchev–Trinajstić information content (AvgIpc) is 3.03. The number of likely N-dealkylation sites (N-methyl/N-ethyl adjacent to an activating group) is 1. The monoisotopic (exact) mass is 676 g/mol. The smallest absolute Gasteiger partial charge is 0.306 e. The van der Waals surface area contributed by atoms with Gasteiger partial charge in [-0.15, -0.1) is 0 Å². The topological polar surface area (TPSA) is 102 Å². The van der Waals surface area contributed by atoms with Crippen molar-refractivity contribution < 1.29 is 38.2 Å². The second-order valence-corrected chi connectivity index (χ2v) is 13.4. The van der Waals surface area contributed by atoms with Crippen molar-refractivity contribution in [2.45, 2.75) is 148 Å². The molecule has 0 aliphatic heterocycles. The van der Waals surface area contributed by atoms with E-state index in [1.54, 1.807) is 21.1 Å². The van der Waals surface area contributed by atoms with Crippen LogP contribution in [0.25, 0.3) is 0 Å². The zero-order valence-corrected chi connectivity index (χ0v) is 31.1. The summed E-state index contributed by atoms with van der Waals surface area (Å²) in [6, 6.07) is -0.731. The van der Waals surface area contributed by atoms with Crippen LogP contribution in [0.1, 0.15) is 136 Å². The van der Waals surface area contributed by atoms with E-state index in [-0.39, 0.29) is 49.1 Å². The van der Waals surface area contributed by atoms with Crippen LogP contribution in [0.15, 0.2) is 48.6 Å². The molecule has 0 fully saturated rings. The molecule has 0 aromatic carbocycles. The predicted molar refractivity (Wildman–Crippen MR) is 194 cm³/mol. The molecule has 0 N–H and O–H groups in total. The summed E-state index contributed by atoms with van der Waals surface area (Å²) in [6.45, 7) is 4.42. The predicted octanol–water partition coefficient (Wildman–Crippen LogP) is 7.96. The van der Waals surface area contributed by atoms with Crippen LogP contribution in [0.4, 0.5) is 0 Å². The Morgan fingerprint density at radius 3 is 1.83 bits per heavy atom. The molecule has 2 unspecified atom stereocenters. The summed E-state index contributed by atoms with van der Waals surface area (Å²) < 4.78 is 17.0. The largest absolute Gasteiger partial charge is 0.544 e. The van der Waals surface area contributed by atoms with Gasteiger partial charge >= 0.3 is 11.9 Å². The first-order chi connectivity index (χ1) is 23.1. The van der Waals surface area contributed by atoms with Crippen LogP contribution in [-0.2, 0) is 28.6 Å². The number of hydrogen-bond donors (Lipinski definition) is 0. The van der Waals surface area contributed by atoms with E-state index in [1.807, 2.05) is 6.08 Å². The third-order valence-corrected chi connectivity index (χ3v) is 7.96. The van der Waals surface area contributed by atoms with Crippen LogP contribution in [0, 0.1) is 0 Å². The highest BCUT2D eigenvalue weighted by Crippen LogP contribution is 2.12. The third-order valence-electron chi connectivity index (χ3n) is 7.96. The second kappa shape index (κ2) is 31.6. The lowest BCUT2D eigenvalue weighted by Crippen LogP contribution is -2.55. The standard InChI is InChI=1S/C40H69NO7/c1-6-8-10-12-14-16-17-18-19-20-21-22-23-25-27-29-31-39(43)48-36(34-46-33-32-37(40(44)45)41(3,4)5)35-47-38(42)30-28-26-24-15-13-11-9-7-2/h8,10,14,16,18-19,24,26,36-37H,6-7,9,11-13,15,17,20-23,25,27-35H2,1-5H3/b10-8+,16-14+,19-18+,26-24+. The Bertz CT molecular complexity index is 932. The van der Waals surface area contributed by atoms with Gasteiger partial charge < -0.3 is 28.6 Å². The number of hydrogen-bond acceptors (Lipinski definition) is 7. The molecule has 48 heavy (non-hydrogen) atoms. The highest BCUT2D eigenvalue weighted by atomic mass is 16.6. The molecule has 0 heterocycles. The molecule has 0 bridgehead atoms. The number of carboxylic acids is 1. The molecule has 0 aliphatic rings. The normalized spacial score (nSPS) is 13.6. The molecule has 0 aromatic heterocycles. The zero-order chi connectivity index (χ0) is 35.7. The Morgan fingerprint density at radius 2 is 1.21 bits per heavy atom. The number of rotatable bonds is 32. The lowest BCUT2D eigenvalue weighted by Gasteiger charge is -2.34. The SMILES string of the molecule is CC/C=C/C/C=C/C/C=C/CCCCCCCCC(=O)OC(COCCC(C(=O)[O-])[N+](C)(C)C)COC(=O)CC/C=C/CCCCCC. The molecule has 0 saturated carbocycles. The van der Waals surface area contributed by atoms with Crippen molar-refractivity contribution >= 4 is 17.9 Å². The zero-order valence-electron chi connectivity index (χ0n) is 31.1. The van der Waals surface area contributed by atoms with E-state index in [0.29, 0.717) is 12.8 Å². The van der Waals surface area contributed by atoms with Gasteiger partial charge in [-0.25, -0.2) is 0 Å². The van der Waals surface area contributed by atoms with Crippen LogP contribution < -0.4 is 5.11 Å². The Kier molecular flexibility index (Phi) is 29.8. The molecule has 0 aliphatic carbocycles. The molecule has 8 nitrogen and oxygen atoms in total. The van der Waals surface area contributed by atoms with E-state index in [4.69, 9.17) is 14.2 Å². The minimum absolute atomic E-state index is 0.0224. The number of allylic oxidation sites excluding steroid dienone is 8. The second-order valence-electron chi connectivity index (χ2n) is 13.4. The van der Waals surface area contributed by atoms with Gasteiger partial charge in [0.25, 0.3) is 0 Å². The Balaban J connectivity index is 4.45. The molecule has 0 rings (SSSR count). The van der Waals surface area contributed by atoms with Crippen molar-refractivity contribution in [3.63, 3.8) is 0 Å². The van der Waals surface area contributed by atoms with Gasteiger partial charge in [0.15, 0.2) is 6.10 Å². The lowest BCUT2D eigenvalue weighted by molar-refractivity contribution is -0.889. The van der Waals surface area contributed by atoms with Crippen LogP contribution in [0.2, 0.25) is 0 Å². The number of carbonyl (C=O) groups excluding carboxylic acids is 3.